The first kappa shape index (κ1) is 25.5. The fourth-order valence-corrected chi connectivity index (χ4v) is 4.58. The normalized spacial score (nSPS) is 12.4. The van der Waals surface area contributed by atoms with Gasteiger partial charge < -0.3 is 0 Å². The van der Waals surface area contributed by atoms with Crippen LogP contribution in [-0.4, -0.2) is 0 Å². The van der Waals surface area contributed by atoms with Crippen LogP contribution in [-0.2, 0) is 25.7 Å². The van der Waals surface area contributed by atoms with E-state index < -0.39 is 0 Å². The van der Waals surface area contributed by atoms with E-state index in [4.69, 9.17) is 0 Å². The predicted octanol–water partition coefficient (Wildman–Crippen LogP) is 9.50. The molecule has 0 aliphatic rings. The van der Waals surface area contributed by atoms with Crippen molar-refractivity contribution in [1.29, 1.82) is 0 Å². The van der Waals surface area contributed by atoms with Gasteiger partial charge in [0.1, 0.15) is 0 Å². The van der Waals surface area contributed by atoms with Crippen molar-refractivity contribution in [3.63, 3.8) is 0 Å². The van der Waals surface area contributed by atoms with E-state index in [0.717, 1.165) is 32.1 Å². The lowest BCUT2D eigenvalue weighted by molar-refractivity contribution is 0.758. The molecule has 4 rings (SSSR count). The minimum Gasteiger partial charge on any atom is -0.0917 e. The van der Waals surface area contributed by atoms with Crippen molar-refractivity contribution >= 4 is 12.2 Å². The molecule has 4 aromatic rings. The van der Waals surface area contributed by atoms with Gasteiger partial charge in [-0.3, -0.25) is 0 Å². The van der Waals surface area contributed by atoms with Crippen molar-refractivity contribution in [3.05, 3.63) is 154 Å². The Morgan fingerprint density at radius 2 is 1.03 bits per heavy atom. The molecule has 4 aromatic carbocycles. The third-order valence-corrected chi connectivity index (χ3v) is 6.90. The average Bonchev–Trinajstić information content (AvgIpc) is 2.93. The molecule has 0 radical (unpaired) electrons. The van der Waals surface area contributed by atoms with Gasteiger partial charge in [0.15, 0.2) is 0 Å². The summed E-state index contributed by atoms with van der Waals surface area (Å²) in [5.74, 6) is 0.539. The Labute approximate surface area is 218 Å². The smallest absolute Gasteiger partial charge is 0.0150 e. The van der Waals surface area contributed by atoms with E-state index in [1.165, 1.54) is 38.9 Å². The highest BCUT2D eigenvalue weighted by Gasteiger charge is 2.06. The molecule has 0 N–H and O–H groups in total. The molecule has 0 aliphatic heterocycles. The summed E-state index contributed by atoms with van der Waals surface area (Å²) < 4.78 is 0. The second-order valence-corrected chi connectivity index (χ2v) is 9.76. The molecule has 0 nitrogen and oxygen atoms in total. The van der Waals surface area contributed by atoms with Gasteiger partial charge in [-0.05, 0) is 83.9 Å². The van der Waals surface area contributed by atoms with Crippen molar-refractivity contribution in [2.45, 2.75) is 51.9 Å². The largest absolute Gasteiger partial charge is 0.0917 e. The van der Waals surface area contributed by atoms with Crippen LogP contribution in [0.2, 0.25) is 0 Å². The van der Waals surface area contributed by atoms with E-state index >= 15 is 0 Å². The molecule has 0 bridgehead atoms. The molecular weight excluding hydrogens is 432 g/mol. The summed E-state index contributed by atoms with van der Waals surface area (Å²) in [4.78, 5) is 0. The maximum Gasteiger partial charge on any atom is -0.0150 e. The third kappa shape index (κ3) is 7.95. The molecule has 0 spiro atoms. The molecule has 0 unspecified atom stereocenters. The molecule has 1 atom stereocenters. The second-order valence-electron chi connectivity index (χ2n) is 9.76. The quantitative estimate of drug-likeness (QED) is 0.151. The van der Waals surface area contributed by atoms with E-state index in [1.54, 1.807) is 0 Å². The van der Waals surface area contributed by atoms with E-state index in [2.05, 4.69) is 141 Å². The number of aryl methyl sites for hydroxylation is 3. The first-order valence-electron chi connectivity index (χ1n) is 13.3. The van der Waals surface area contributed by atoms with Crippen molar-refractivity contribution in [3.8, 4) is 0 Å². The van der Waals surface area contributed by atoms with Gasteiger partial charge in [0, 0.05) is 0 Å². The van der Waals surface area contributed by atoms with Gasteiger partial charge in [-0.25, -0.2) is 0 Å². The van der Waals surface area contributed by atoms with Crippen LogP contribution in [0, 0.1) is 0 Å². The zero-order valence-corrected chi connectivity index (χ0v) is 21.7. The third-order valence-electron chi connectivity index (χ3n) is 6.90. The Kier molecular flexibility index (Phi) is 9.51. The summed E-state index contributed by atoms with van der Waals surface area (Å²) in [6, 6.07) is 37.9. The second kappa shape index (κ2) is 13.4. The zero-order chi connectivity index (χ0) is 25.0. The molecule has 0 aromatic heterocycles. The maximum absolute atomic E-state index is 2.31. The molecule has 0 amide bonds. The van der Waals surface area contributed by atoms with Crippen LogP contribution in [0.15, 0.2) is 115 Å². The first-order valence-corrected chi connectivity index (χ1v) is 13.3. The fraction of sp³-hybridized carbons (Fsp3) is 0.222. The fourth-order valence-electron chi connectivity index (χ4n) is 4.58. The van der Waals surface area contributed by atoms with E-state index in [9.17, 15) is 0 Å². The molecule has 0 heterocycles. The van der Waals surface area contributed by atoms with Crippen LogP contribution in [0.3, 0.4) is 0 Å². The summed E-state index contributed by atoms with van der Waals surface area (Å²) in [6.07, 6.45) is 14.2. The lowest BCUT2D eigenvalue weighted by atomic mass is 9.93. The van der Waals surface area contributed by atoms with Gasteiger partial charge in [0.05, 0.1) is 0 Å². The minimum absolute atomic E-state index is 0.539. The zero-order valence-electron chi connectivity index (χ0n) is 21.7. The maximum atomic E-state index is 2.31. The number of hydrogen-bond acceptors (Lipinski definition) is 0. The molecule has 182 valence electrons. The van der Waals surface area contributed by atoms with Crippen LogP contribution >= 0.6 is 0 Å². The Morgan fingerprint density at radius 1 is 0.556 bits per heavy atom. The number of allylic oxidation sites excluding steroid dienone is 2. The van der Waals surface area contributed by atoms with Crippen LogP contribution in [0.1, 0.15) is 65.1 Å². The Bertz CT molecular complexity index is 1220. The van der Waals surface area contributed by atoms with Crippen LogP contribution in [0.25, 0.3) is 12.2 Å². The number of hydrogen-bond donors (Lipinski definition) is 0. The average molecular weight is 471 g/mol. The molecule has 0 saturated carbocycles. The monoisotopic (exact) mass is 470 g/mol. The Balaban J connectivity index is 1.24. The highest BCUT2D eigenvalue weighted by atomic mass is 14.1. The lowest BCUT2D eigenvalue weighted by Crippen LogP contribution is -1.99. The lowest BCUT2D eigenvalue weighted by Gasteiger charge is -2.12. The molecule has 0 saturated heterocycles. The van der Waals surface area contributed by atoms with Gasteiger partial charge in [-0.15, -0.1) is 0 Å². The molecule has 0 aliphatic carbocycles. The minimum atomic E-state index is 0.539. The molecular formula is C36H38. The first-order chi connectivity index (χ1) is 17.7. The van der Waals surface area contributed by atoms with Crippen molar-refractivity contribution in [2.75, 3.05) is 0 Å². The van der Waals surface area contributed by atoms with Crippen molar-refractivity contribution < 1.29 is 0 Å². The van der Waals surface area contributed by atoms with Crippen molar-refractivity contribution in [1.82, 2.24) is 0 Å². The summed E-state index contributed by atoms with van der Waals surface area (Å²) in [5.41, 5.74) is 9.50. The van der Waals surface area contributed by atoms with Crippen molar-refractivity contribution in [2.24, 2.45) is 0 Å². The van der Waals surface area contributed by atoms with Crippen LogP contribution in [0.4, 0.5) is 0 Å². The molecule has 36 heavy (non-hydrogen) atoms. The SMILES string of the molecule is CC=CCCc1ccc(C=Cc2ccc(CCc3ccc(C[C@@H](C)c4ccccc4)cc3)cc2)cc1. The van der Waals surface area contributed by atoms with E-state index in [0.29, 0.717) is 5.92 Å². The summed E-state index contributed by atoms with van der Waals surface area (Å²) in [5, 5.41) is 0. The van der Waals surface area contributed by atoms with Gasteiger partial charge >= 0.3 is 0 Å². The standard InChI is InChI=1S/C36H38/c1-3-4-6-9-30-12-14-31(15-13-30)16-17-32-18-20-33(21-19-32)22-23-34-24-26-35(27-25-34)28-29(2)36-10-7-5-8-11-36/h3-5,7-8,10-21,24-27,29H,6,9,22-23,28H2,1-2H3/t29-/m1/s1. The molecule has 0 heteroatoms. The topological polar surface area (TPSA) is 0 Å². The number of rotatable bonds is 11. The Hall–Kier alpha value is -3.64. The highest BCUT2D eigenvalue weighted by Crippen LogP contribution is 2.21. The van der Waals surface area contributed by atoms with E-state index in [-0.39, 0.29) is 0 Å². The summed E-state index contributed by atoms with van der Waals surface area (Å²) in [6.45, 7) is 4.39. The number of benzene rings is 4. The predicted molar refractivity (Wildman–Crippen MR) is 157 cm³/mol. The highest BCUT2D eigenvalue weighted by molar-refractivity contribution is 5.69. The summed E-state index contributed by atoms with van der Waals surface area (Å²) in [7, 11) is 0. The Morgan fingerprint density at radius 3 is 1.56 bits per heavy atom. The van der Waals surface area contributed by atoms with E-state index in [1.807, 2.05) is 0 Å². The van der Waals surface area contributed by atoms with Crippen LogP contribution < -0.4 is 0 Å². The molecule has 0 fully saturated rings. The summed E-state index contributed by atoms with van der Waals surface area (Å²) >= 11 is 0. The van der Waals surface area contributed by atoms with Gasteiger partial charge in [0.25, 0.3) is 0 Å². The van der Waals surface area contributed by atoms with Crippen LogP contribution in [0.5, 0.6) is 0 Å². The van der Waals surface area contributed by atoms with Gasteiger partial charge in [-0.1, -0.05) is 134 Å². The van der Waals surface area contributed by atoms with Gasteiger partial charge in [-0.2, -0.15) is 0 Å². The van der Waals surface area contributed by atoms with Gasteiger partial charge in [0.2, 0.25) is 0 Å².